The molecular formula is C92H151BBrIMgN16O8. The summed E-state index contributed by atoms with van der Waals surface area (Å²) in [6.45, 7) is 57.9. The molecule has 1 unspecified atom stereocenters. The third-order valence-corrected chi connectivity index (χ3v) is 19.8. The number of aliphatic hydroxyl groups excluding tert-OH is 2. The molecule has 3 aliphatic heterocycles. The van der Waals surface area contributed by atoms with Crippen LogP contribution in [0.25, 0.3) is 16.7 Å². The number of hydrogen-bond acceptors (Lipinski definition) is 18. The fraction of sp³-hybridized carbons (Fsp3) is 0.554. The van der Waals surface area contributed by atoms with Crippen molar-refractivity contribution in [1.82, 2.24) is 74.5 Å². The first kappa shape index (κ1) is 121. The van der Waals surface area contributed by atoms with Gasteiger partial charge in [-0.2, -0.15) is 25.5 Å². The quantitative estimate of drug-likeness (QED) is 0.00545. The number of aliphatic hydroxyl groups is 2. The zero-order valence-corrected chi connectivity index (χ0v) is 82.4. The van der Waals surface area contributed by atoms with Gasteiger partial charge in [-0.25, -0.2) is 0 Å². The molecule has 24 nitrogen and oxygen atoms in total. The molecule has 0 aliphatic carbocycles. The van der Waals surface area contributed by atoms with Gasteiger partial charge in [0.1, 0.15) is 12.4 Å². The molecule has 1 aromatic carbocycles. The molecule has 28 heteroatoms. The molecule has 7 aromatic heterocycles. The summed E-state index contributed by atoms with van der Waals surface area (Å²) in [5, 5.41) is 59.1. The molecule has 2 fully saturated rings. The number of piperidine rings is 1. The number of ether oxygens (including phenoxy) is 1. The Morgan fingerprint density at radius 2 is 1.14 bits per heavy atom. The van der Waals surface area contributed by atoms with Gasteiger partial charge in [0.15, 0.2) is 0 Å². The van der Waals surface area contributed by atoms with E-state index >= 15 is 0 Å². The van der Waals surface area contributed by atoms with Crippen LogP contribution < -0.4 is 39.0 Å². The van der Waals surface area contributed by atoms with Gasteiger partial charge in [0.25, 0.3) is 0 Å². The van der Waals surface area contributed by atoms with Crippen LogP contribution in [0.4, 0.5) is 0 Å². The number of hydrogen-bond donors (Lipinski definition) is 7. The molecule has 0 spiro atoms. The molecule has 10 heterocycles. The molecule has 11 rings (SSSR count). The van der Waals surface area contributed by atoms with E-state index in [1.54, 1.807) is 45.4 Å². The van der Waals surface area contributed by atoms with Crippen molar-refractivity contribution >= 4 is 75.9 Å². The van der Waals surface area contributed by atoms with E-state index in [-0.39, 0.29) is 52.7 Å². The number of ketones is 1. The van der Waals surface area contributed by atoms with E-state index in [1.807, 2.05) is 55.9 Å². The largest absolute Gasteiger partial charge is 2.00 e. The Morgan fingerprint density at radius 1 is 0.683 bits per heavy atom. The second kappa shape index (κ2) is 76.8. The fourth-order valence-corrected chi connectivity index (χ4v) is 12.9. The van der Waals surface area contributed by atoms with Gasteiger partial charge in [0, 0.05) is 158 Å². The molecule has 3 aliphatic rings. The van der Waals surface area contributed by atoms with Crippen molar-refractivity contribution in [2.24, 2.45) is 5.84 Å². The number of hydrazine groups is 1. The molecule has 1 atom stereocenters. The van der Waals surface area contributed by atoms with E-state index in [9.17, 15) is 9.59 Å². The Morgan fingerprint density at radius 3 is 1.48 bits per heavy atom. The van der Waals surface area contributed by atoms with Gasteiger partial charge in [0.05, 0.1) is 32.0 Å². The third kappa shape index (κ3) is 47.6. The van der Waals surface area contributed by atoms with E-state index in [0.717, 1.165) is 149 Å². The van der Waals surface area contributed by atoms with Crippen LogP contribution in [0, 0.1) is 74.2 Å². The van der Waals surface area contributed by atoms with Crippen molar-refractivity contribution in [2.75, 3.05) is 53.0 Å². The van der Waals surface area contributed by atoms with Crippen LogP contribution in [0.15, 0.2) is 91.5 Å². The molecule has 0 bridgehead atoms. The Labute approximate surface area is 765 Å². The number of nitrogens with zero attached hydrogens (tertiary/aromatic N) is 13. The average Bonchev–Trinajstić information content (AvgIpc) is 1.67. The molecule has 2 saturated heterocycles. The first-order valence-electron chi connectivity index (χ1n) is 42.0. The first-order chi connectivity index (χ1) is 56.4. The average molecular weight is 1850 g/mol. The van der Waals surface area contributed by atoms with Crippen molar-refractivity contribution in [3.8, 4) is 40.7 Å². The number of carbonyl (C=O) groups excluding carboxylic acids is 2. The third-order valence-electron chi connectivity index (χ3n) is 18.4. The number of carbonyl (C=O) groups is 2. The molecule has 0 saturated carbocycles. The van der Waals surface area contributed by atoms with Gasteiger partial charge in [-0.1, -0.05) is 111 Å². The summed E-state index contributed by atoms with van der Waals surface area (Å²) >= 11 is 2.37. The summed E-state index contributed by atoms with van der Waals surface area (Å²) in [5.74, 6) is 17.7. The predicted octanol–water partition coefficient (Wildman–Crippen LogP) is 10.9. The molecule has 8 aromatic rings. The number of pyridine rings is 2. The topological polar surface area (TPSA) is 324 Å². The minimum Gasteiger partial charge on any atom is -1.00 e. The van der Waals surface area contributed by atoms with Crippen LogP contribution in [-0.4, -0.2) is 191 Å². The number of nitrogens with two attached hydrogens (primary N) is 1. The predicted molar refractivity (Wildman–Crippen MR) is 504 cm³/mol. The fourth-order valence-electron chi connectivity index (χ4n) is 12.1. The second-order valence-electron chi connectivity index (χ2n) is 26.5. The molecular weight excluding hydrogens is 1700 g/mol. The smallest absolute Gasteiger partial charge is 1.00 e. The van der Waals surface area contributed by atoms with E-state index < -0.39 is 13.2 Å². The molecule has 0 amide bonds. The molecule has 0 radical (unpaired) electrons. The maximum atomic E-state index is 10.2. The van der Waals surface area contributed by atoms with Gasteiger partial charge in [-0.3, -0.25) is 54.3 Å². The minimum atomic E-state index is -1.38. The summed E-state index contributed by atoms with van der Waals surface area (Å²) in [4.78, 5) is 29.7. The zero-order valence-electron chi connectivity index (χ0n) is 77.2. The summed E-state index contributed by atoms with van der Waals surface area (Å²) < 4.78 is 16.7. The Hall–Kier alpha value is -7.03. The Kier molecular flexibility index (Phi) is 77.8. The summed E-state index contributed by atoms with van der Waals surface area (Å²) in [7, 11) is -0.381. The molecule has 10 N–H and O–H groups in total. The molecule has 120 heavy (non-hydrogen) atoms. The summed E-state index contributed by atoms with van der Waals surface area (Å²) in [5.41, 5.74) is 23.9. The van der Waals surface area contributed by atoms with Crippen LogP contribution in [-0.2, 0) is 85.7 Å². The van der Waals surface area contributed by atoms with Gasteiger partial charge in [-0.15, -0.1) is 5.92 Å². The monoisotopic (exact) mass is 1850 g/mol. The number of halogens is 2. The van der Waals surface area contributed by atoms with Crippen LogP contribution >= 0.6 is 22.6 Å². The van der Waals surface area contributed by atoms with Crippen molar-refractivity contribution in [2.45, 2.75) is 287 Å². The van der Waals surface area contributed by atoms with Crippen molar-refractivity contribution < 1.29 is 58.5 Å². The van der Waals surface area contributed by atoms with Gasteiger partial charge >= 0.3 is 30.2 Å². The number of aryl methyl sites for hydroxylation is 11. The van der Waals surface area contributed by atoms with Gasteiger partial charge in [-0.05, 0) is 266 Å². The maximum Gasteiger partial charge on any atom is 2.00 e. The van der Waals surface area contributed by atoms with Gasteiger partial charge in [0.2, 0.25) is 5.78 Å². The summed E-state index contributed by atoms with van der Waals surface area (Å²) in [6, 6.07) is 20.1. The SMILES string of the molecule is C1CCOC1.CC#CC(=O)CC.CC#CC(O)CC.CCC=O.CCNN.CCc1cc(C)n(CC)n1.CCc1nn(CC)c(C)c1-c1ccncc1.CCc1nn(CC)c(C)c1C1=CCN(Cc2ccccc2)CC1.CCc1nn(CC)c(C)c1C1CCNCC1.CCc1nn(CC)c(C)c1I.CO.O.OB(O)c1ccncc1.[2HH].[Br-].[C-]#CC.[Mg+2]. The normalized spacial score (nSPS) is 12.0. The number of nitrogens with one attached hydrogen (secondary N) is 2. The summed E-state index contributed by atoms with van der Waals surface area (Å²) in [6.07, 6.45) is 28.7. The van der Waals surface area contributed by atoms with E-state index in [2.05, 4.69) is 252 Å². The second-order valence-corrected chi connectivity index (χ2v) is 27.6. The number of Topliss-reactive ketones (excluding diaryl/α,β-unsaturated/α-hetero) is 1. The number of aromatic nitrogens is 12. The standard InChI is InChI=1S/C20H27N3.C13H23N3.C13H17N3.C8H13IN2.C8H14N2.C6H10O.C6H8O.C5H6BNO2.C4H8O.C3H6O.C3H3.C2H8N2.CH4O.BrH.Mg.H2O.H2/c1-4-19-20(16(3)23(5-2)21-19)18-11-13-22(14-12-18)15-17-9-7-6-8-10-17;2*1-4-12-13(10(3)16(5-2)15-12)11-6-8-14-9-7-11;1-4-7-8(9)6(3)11(5-2)10-7;1-4-8-6-7(3)10(5-2)9-8;2*1-3-5-6(7)4-2;8-6(9)5-1-3-7-4-2-5;1-2-4-5-3-1;1-2-3-4;1-3-2;1-2-4-3;1-2;;;;/h6-11H,4-5,12-15H2,1-3H3;11,14H,4-9H2,1-3H3;6-9H,4-5H2,1-3H3;4-5H2,1-3H3;6H,4-5H2,1-3H3;6-7H,4H2,1-2H3;4H2,1-2H3;1-4,8-9H;1-4H2;3H,2H2,1H3;1H3;4H,2-3H2,1H3;2H,1H3;1H;;1H2;1H/q;;;;;;;;;;-1;;;;+2;;/p-1/i;;;;;;;;;;;;;;;;1+1. The van der Waals surface area contributed by atoms with E-state index in [1.165, 1.54) is 126 Å². The number of benzene rings is 1. The zero-order chi connectivity index (χ0) is 88.5. The van der Waals surface area contributed by atoms with Crippen LogP contribution in [0.3, 0.4) is 0 Å². The Bertz CT molecular complexity index is 4070. The first-order valence-corrected chi connectivity index (χ1v) is 43.1. The number of rotatable bonds is 20. The van der Waals surface area contributed by atoms with E-state index in [4.69, 9.17) is 47.5 Å². The van der Waals surface area contributed by atoms with Crippen LogP contribution in [0.1, 0.15) is 250 Å². The van der Waals surface area contributed by atoms with E-state index in [0.29, 0.717) is 18.3 Å². The van der Waals surface area contributed by atoms with Crippen LogP contribution in [0.2, 0.25) is 0 Å². The van der Waals surface area contributed by atoms with Crippen LogP contribution in [0.5, 0.6) is 0 Å². The minimum absolute atomic E-state index is 0. The van der Waals surface area contributed by atoms with Crippen molar-refractivity contribution in [1.29, 1.82) is 0 Å². The molecule has 666 valence electrons. The Balaban J connectivity index is -0.000000309. The van der Waals surface area contributed by atoms with Crippen molar-refractivity contribution in [3.63, 3.8) is 0 Å². The number of aldehydes is 1. The van der Waals surface area contributed by atoms with Crippen molar-refractivity contribution in [3.05, 3.63) is 175 Å². The maximum absolute atomic E-state index is 10.2. The van der Waals surface area contributed by atoms with Gasteiger partial charge < -0.3 is 69.9 Å².